The lowest BCUT2D eigenvalue weighted by Crippen LogP contribution is -2.48. The molecule has 6 atom stereocenters. The summed E-state index contributed by atoms with van der Waals surface area (Å²) in [6.45, 7) is 5.94. The highest BCUT2D eigenvalue weighted by molar-refractivity contribution is 6.06. The first-order chi connectivity index (χ1) is 11.5. The first-order valence-electron chi connectivity index (χ1n) is 8.82. The highest BCUT2D eigenvalue weighted by atomic mass is 16.5. The van der Waals surface area contributed by atoms with Gasteiger partial charge in [0.15, 0.2) is 5.78 Å². The van der Waals surface area contributed by atoms with Crippen LogP contribution < -0.4 is 0 Å². The number of Topliss-reactive ketones (excluding diaryl/α,β-unsaturated/α-hetero) is 1. The first kappa shape index (κ1) is 15.6. The zero-order valence-corrected chi connectivity index (χ0v) is 14.2. The maximum atomic E-state index is 12.5. The van der Waals surface area contributed by atoms with Crippen LogP contribution in [-0.4, -0.2) is 30.9 Å². The molecule has 128 valence electrons. The fraction of sp³-hybridized carbons (Fsp3) is 0.632. The summed E-state index contributed by atoms with van der Waals surface area (Å²) in [5, 5.41) is 0. The van der Waals surface area contributed by atoms with Crippen molar-refractivity contribution in [1.29, 1.82) is 0 Å². The molecule has 5 nitrogen and oxygen atoms in total. The van der Waals surface area contributed by atoms with Gasteiger partial charge in [0.1, 0.15) is 0 Å². The highest BCUT2D eigenvalue weighted by Crippen LogP contribution is 2.69. The van der Waals surface area contributed by atoms with Crippen LogP contribution in [0, 0.1) is 35.5 Å². The minimum Gasteiger partial charge on any atom is -0.463 e. The Morgan fingerprint density at radius 2 is 1.54 bits per heavy atom. The average molecular weight is 330 g/mol. The molecule has 0 spiro atoms. The molecule has 0 aromatic rings. The molecule has 4 aliphatic carbocycles. The molecular formula is C19H22O5. The van der Waals surface area contributed by atoms with Crippen molar-refractivity contribution in [2.75, 3.05) is 13.2 Å². The minimum atomic E-state index is -0.416. The predicted molar refractivity (Wildman–Crippen MR) is 84.6 cm³/mol. The summed E-state index contributed by atoms with van der Waals surface area (Å²) >= 11 is 0. The van der Waals surface area contributed by atoms with Gasteiger partial charge >= 0.3 is 11.9 Å². The van der Waals surface area contributed by atoms with Crippen molar-refractivity contribution in [1.82, 2.24) is 0 Å². The Morgan fingerprint density at radius 1 is 1.00 bits per heavy atom. The van der Waals surface area contributed by atoms with Crippen molar-refractivity contribution >= 4 is 17.7 Å². The first-order valence-corrected chi connectivity index (χ1v) is 8.82. The van der Waals surface area contributed by atoms with Crippen LogP contribution in [0.25, 0.3) is 0 Å². The molecule has 5 heteroatoms. The number of carbonyl (C=O) groups is 3. The lowest BCUT2D eigenvalue weighted by Gasteiger charge is -2.46. The van der Waals surface area contributed by atoms with Gasteiger partial charge in [-0.15, -0.1) is 0 Å². The third kappa shape index (κ3) is 1.78. The second-order valence-electron chi connectivity index (χ2n) is 7.20. The number of allylic oxidation sites excluding steroid dienone is 2. The second kappa shape index (κ2) is 5.30. The summed E-state index contributed by atoms with van der Waals surface area (Å²) in [5.74, 6) is 0.0763. The fourth-order valence-electron chi connectivity index (χ4n) is 5.65. The molecule has 0 radical (unpaired) electrons. The van der Waals surface area contributed by atoms with E-state index in [1.165, 1.54) is 0 Å². The Hall–Kier alpha value is -1.91. The molecule has 0 saturated heterocycles. The molecule has 0 aromatic heterocycles. The van der Waals surface area contributed by atoms with Crippen LogP contribution in [0.15, 0.2) is 22.8 Å². The van der Waals surface area contributed by atoms with Gasteiger partial charge in [0.25, 0.3) is 0 Å². The topological polar surface area (TPSA) is 69.7 Å². The Labute approximate surface area is 141 Å². The number of ketones is 1. The van der Waals surface area contributed by atoms with Gasteiger partial charge in [0, 0.05) is 17.8 Å². The van der Waals surface area contributed by atoms with Crippen molar-refractivity contribution in [3.63, 3.8) is 0 Å². The van der Waals surface area contributed by atoms with Crippen molar-refractivity contribution in [2.45, 2.75) is 27.2 Å². The molecule has 2 fully saturated rings. The van der Waals surface area contributed by atoms with Crippen LogP contribution in [0.3, 0.4) is 0 Å². The standard InChI is InChI=1S/C19H22O5/c1-4-23-18(21)15-13-10-7-11(12-9(10)6-8(3)17(12)20)14(13)16(15)19(22)24-5-2/h6,9-14H,4-5,7H2,1-3H3/t9-,10+,11-,12-,13+,14-/m0/s1. The summed E-state index contributed by atoms with van der Waals surface area (Å²) in [6, 6.07) is 0. The maximum absolute atomic E-state index is 12.5. The van der Waals surface area contributed by atoms with Crippen LogP contribution in [-0.2, 0) is 23.9 Å². The Bertz CT molecular complexity index is 701. The van der Waals surface area contributed by atoms with Crippen molar-refractivity contribution in [2.24, 2.45) is 35.5 Å². The van der Waals surface area contributed by atoms with Crippen molar-refractivity contribution in [3.8, 4) is 0 Å². The van der Waals surface area contributed by atoms with E-state index in [0.717, 1.165) is 12.0 Å². The summed E-state index contributed by atoms with van der Waals surface area (Å²) in [7, 11) is 0. The number of esters is 2. The SMILES string of the molecule is CCOC(=O)C1=C(C(=O)OCC)[C@H]2[C@H]3C[C@H]([C@@H]4C=C(C)C(=O)[C@@H]43)[C@@H]12. The quantitative estimate of drug-likeness (QED) is 0.738. The Kier molecular flexibility index (Phi) is 3.44. The molecule has 0 aliphatic heterocycles. The van der Waals surface area contributed by atoms with E-state index in [9.17, 15) is 14.4 Å². The number of fused-ring (bicyclic) bond motifs is 8. The van der Waals surface area contributed by atoms with Gasteiger partial charge < -0.3 is 9.47 Å². The third-order valence-corrected chi connectivity index (χ3v) is 6.31. The zero-order chi connectivity index (χ0) is 17.2. The molecule has 4 rings (SSSR count). The van der Waals surface area contributed by atoms with Gasteiger partial charge in [-0.1, -0.05) is 6.08 Å². The molecule has 2 bridgehead atoms. The monoisotopic (exact) mass is 330 g/mol. The maximum Gasteiger partial charge on any atom is 0.334 e. The predicted octanol–water partition coefficient (Wildman–Crippen LogP) is 2.07. The van der Waals surface area contributed by atoms with E-state index in [2.05, 4.69) is 6.08 Å². The largest absolute Gasteiger partial charge is 0.463 e. The third-order valence-electron chi connectivity index (χ3n) is 6.31. The van der Waals surface area contributed by atoms with E-state index < -0.39 is 11.9 Å². The Morgan fingerprint density at radius 3 is 2.08 bits per heavy atom. The smallest absolute Gasteiger partial charge is 0.334 e. The number of hydrogen-bond donors (Lipinski definition) is 0. The lowest BCUT2D eigenvalue weighted by molar-refractivity contribution is -0.146. The van der Waals surface area contributed by atoms with Gasteiger partial charge in [-0.05, 0) is 50.5 Å². The van der Waals surface area contributed by atoms with Crippen LogP contribution in [0.5, 0.6) is 0 Å². The summed E-state index contributed by atoms with van der Waals surface area (Å²) in [4.78, 5) is 37.3. The molecule has 24 heavy (non-hydrogen) atoms. The summed E-state index contributed by atoms with van der Waals surface area (Å²) < 4.78 is 10.4. The molecule has 0 unspecified atom stereocenters. The summed E-state index contributed by atoms with van der Waals surface area (Å²) in [6.07, 6.45) is 2.99. The fourth-order valence-corrected chi connectivity index (χ4v) is 5.65. The molecule has 4 aliphatic rings. The van der Waals surface area contributed by atoms with Gasteiger partial charge in [-0.25, -0.2) is 9.59 Å². The summed E-state index contributed by atoms with van der Waals surface area (Å²) in [5.41, 5.74) is 1.82. The van der Waals surface area contributed by atoms with E-state index in [0.29, 0.717) is 11.1 Å². The van der Waals surface area contributed by atoms with E-state index >= 15 is 0 Å². The van der Waals surface area contributed by atoms with Gasteiger partial charge in [-0.2, -0.15) is 0 Å². The van der Waals surface area contributed by atoms with E-state index in [4.69, 9.17) is 9.47 Å². The van der Waals surface area contributed by atoms with Gasteiger partial charge in [-0.3, -0.25) is 4.79 Å². The average Bonchev–Trinajstić information content (AvgIpc) is 3.08. The minimum absolute atomic E-state index is 0.00979. The van der Waals surface area contributed by atoms with E-state index in [1.807, 2.05) is 6.92 Å². The van der Waals surface area contributed by atoms with Crippen LogP contribution >= 0.6 is 0 Å². The van der Waals surface area contributed by atoms with Crippen LogP contribution in [0.4, 0.5) is 0 Å². The van der Waals surface area contributed by atoms with E-state index in [1.54, 1.807) is 13.8 Å². The zero-order valence-electron chi connectivity index (χ0n) is 14.2. The molecule has 0 aromatic carbocycles. The normalized spacial score (nSPS) is 38.5. The van der Waals surface area contributed by atoms with Crippen molar-refractivity contribution < 1.29 is 23.9 Å². The van der Waals surface area contributed by atoms with Crippen molar-refractivity contribution in [3.05, 3.63) is 22.8 Å². The number of hydrogen-bond acceptors (Lipinski definition) is 5. The van der Waals surface area contributed by atoms with Gasteiger partial charge in [0.05, 0.1) is 24.4 Å². The lowest BCUT2D eigenvalue weighted by atomic mass is 9.56. The second-order valence-corrected chi connectivity index (χ2v) is 7.20. The molecule has 2 saturated carbocycles. The molecular weight excluding hydrogens is 308 g/mol. The van der Waals surface area contributed by atoms with Crippen LogP contribution in [0.2, 0.25) is 0 Å². The number of carbonyl (C=O) groups excluding carboxylic acids is 3. The highest BCUT2D eigenvalue weighted by Gasteiger charge is 2.68. The van der Waals surface area contributed by atoms with E-state index in [-0.39, 0.29) is 54.5 Å². The molecule has 0 amide bonds. The molecule has 0 N–H and O–H groups in total. The number of rotatable bonds is 4. The Balaban J connectivity index is 1.72. The van der Waals surface area contributed by atoms with Crippen LogP contribution in [0.1, 0.15) is 27.2 Å². The number of ether oxygens (including phenoxy) is 2. The molecule has 0 heterocycles. The van der Waals surface area contributed by atoms with Gasteiger partial charge in [0.2, 0.25) is 0 Å².